The molecule has 3 aliphatic rings. The fourth-order valence-electron chi connectivity index (χ4n) is 4.39. The molecule has 0 aromatic heterocycles. The van der Waals surface area contributed by atoms with E-state index in [-0.39, 0.29) is 6.03 Å². The van der Waals surface area contributed by atoms with Crippen LogP contribution < -0.4 is 10.6 Å². The molecule has 0 aliphatic carbocycles. The molecule has 25 heavy (non-hydrogen) atoms. The third-order valence-electron chi connectivity index (χ3n) is 5.93. The van der Waals surface area contributed by atoms with Gasteiger partial charge in [0.1, 0.15) is 0 Å². The molecule has 0 saturated carbocycles. The number of para-hydroxylation sites is 1. The summed E-state index contributed by atoms with van der Waals surface area (Å²) in [6.45, 7) is 11.1. The van der Waals surface area contributed by atoms with Crippen LogP contribution in [0.3, 0.4) is 0 Å². The quantitative estimate of drug-likeness (QED) is 0.800. The smallest absolute Gasteiger partial charge is 0.319 e. The summed E-state index contributed by atoms with van der Waals surface area (Å²) in [5.41, 5.74) is 0.838. The van der Waals surface area contributed by atoms with Crippen LogP contribution in [0.25, 0.3) is 0 Å². The van der Waals surface area contributed by atoms with Crippen molar-refractivity contribution in [3.63, 3.8) is 0 Å². The van der Waals surface area contributed by atoms with E-state index in [1.165, 1.54) is 32.5 Å². The van der Waals surface area contributed by atoms with E-state index in [1.807, 2.05) is 30.3 Å². The van der Waals surface area contributed by atoms with Crippen LogP contribution in [-0.2, 0) is 0 Å². The van der Waals surface area contributed by atoms with Gasteiger partial charge in [0.15, 0.2) is 0 Å². The predicted octanol–water partition coefficient (Wildman–Crippen LogP) is 2.86. The molecule has 2 amide bonds. The summed E-state index contributed by atoms with van der Waals surface area (Å²) < 4.78 is 0. The standard InChI is InChI=1S/C20H32N4O/c1-3-23(4-2)14-17-15-24-11-10-16(17)12-19(24)13-21-20(25)22-18-8-6-5-7-9-18/h5-9,16-17,19H,3-4,10-15H2,1-2H3,(H2,21,22,25)/t16-,17-,19+/m0/s1. The Labute approximate surface area is 151 Å². The molecular formula is C20H32N4O. The lowest BCUT2D eigenvalue weighted by Gasteiger charge is -2.50. The van der Waals surface area contributed by atoms with Crippen molar-refractivity contribution < 1.29 is 4.79 Å². The van der Waals surface area contributed by atoms with Crippen LogP contribution in [0.5, 0.6) is 0 Å². The van der Waals surface area contributed by atoms with Crippen LogP contribution in [0.15, 0.2) is 30.3 Å². The maximum absolute atomic E-state index is 12.1. The van der Waals surface area contributed by atoms with Gasteiger partial charge in [0.25, 0.3) is 0 Å². The fraction of sp³-hybridized carbons (Fsp3) is 0.650. The lowest BCUT2D eigenvalue weighted by atomic mass is 9.75. The number of amides is 2. The number of carbonyl (C=O) groups excluding carboxylic acids is 1. The monoisotopic (exact) mass is 344 g/mol. The summed E-state index contributed by atoms with van der Waals surface area (Å²) in [6, 6.07) is 10.0. The number of nitrogens with zero attached hydrogens (tertiary/aromatic N) is 2. The summed E-state index contributed by atoms with van der Waals surface area (Å²) in [5.74, 6) is 1.61. The van der Waals surface area contributed by atoms with E-state index >= 15 is 0 Å². The number of anilines is 1. The molecule has 3 saturated heterocycles. The topological polar surface area (TPSA) is 47.6 Å². The zero-order chi connectivity index (χ0) is 17.6. The minimum absolute atomic E-state index is 0.103. The Bertz CT molecular complexity index is 546. The molecule has 3 heterocycles. The summed E-state index contributed by atoms with van der Waals surface area (Å²) in [4.78, 5) is 17.2. The number of carbonyl (C=O) groups is 1. The summed E-state index contributed by atoms with van der Waals surface area (Å²) in [5, 5.41) is 5.96. The average molecular weight is 345 g/mol. The highest BCUT2D eigenvalue weighted by Gasteiger charge is 2.40. The van der Waals surface area contributed by atoms with Gasteiger partial charge in [0.2, 0.25) is 0 Å². The van der Waals surface area contributed by atoms with Crippen molar-refractivity contribution >= 4 is 11.7 Å². The highest BCUT2D eigenvalue weighted by atomic mass is 16.2. The minimum Gasteiger partial charge on any atom is -0.336 e. The molecule has 2 bridgehead atoms. The molecule has 138 valence electrons. The number of fused-ring (bicyclic) bond motifs is 3. The second kappa shape index (κ2) is 8.68. The van der Waals surface area contributed by atoms with Gasteiger partial charge in [0, 0.05) is 31.4 Å². The van der Waals surface area contributed by atoms with Gasteiger partial charge in [-0.3, -0.25) is 4.90 Å². The molecule has 3 aliphatic heterocycles. The zero-order valence-corrected chi connectivity index (χ0v) is 15.6. The highest BCUT2D eigenvalue weighted by Crippen LogP contribution is 2.36. The maximum Gasteiger partial charge on any atom is 0.319 e. The molecule has 1 unspecified atom stereocenters. The first-order valence-electron chi connectivity index (χ1n) is 9.75. The van der Waals surface area contributed by atoms with Gasteiger partial charge < -0.3 is 15.5 Å². The molecule has 0 radical (unpaired) electrons. The number of benzene rings is 1. The van der Waals surface area contributed by atoms with Crippen LogP contribution in [-0.4, -0.2) is 61.1 Å². The Morgan fingerprint density at radius 2 is 2.00 bits per heavy atom. The number of nitrogens with one attached hydrogen (secondary N) is 2. The molecule has 4 rings (SSSR count). The number of hydrogen-bond acceptors (Lipinski definition) is 3. The van der Waals surface area contributed by atoms with Crippen molar-refractivity contribution in [2.75, 3.05) is 44.6 Å². The second-order valence-electron chi connectivity index (χ2n) is 7.38. The summed E-state index contributed by atoms with van der Waals surface area (Å²) >= 11 is 0. The molecule has 5 nitrogen and oxygen atoms in total. The molecular weight excluding hydrogens is 312 g/mol. The highest BCUT2D eigenvalue weighted by molar-refractivity contribution is 5.89. The molecule has 2 N–H and O–H groups in total. The van der Waals surface area contributed by atoms with Gasteiger partial charge >= 0.3 is 6.03 Å². The molecule has 3 fully saturated rings. The SMILES string of the molecule is CCN(CC)C[C@H]1CN2CC[C@H]1C[C@@H]2CNC(=O)Nc1ccccc1. The van der Waals surface area contributed by atoms with Crippen LogP contribution in [0.4, 0.5) is 10.5 Å². The number of rotatable bonds is 7. The van der Waals surface area contributed by atoms with E-state index in [1.54, 1.807) is 0 Å². The van der Waals surface area contributed by atoms with Gasteiger partial charge in [-0.1, -0.05) is 32.0 Å². The lowest BCUT2D eigenvalue weighted by molar-refractivity contribution is -0.00977. The average Bonchev–Trinajstić information content (AvgIpc) is 2.66. The predicted molar refractivity (Wildman–Crippen MR) is 103 cm³/mol. The fourth-order valence-corrected chi connectivity index (χ4v) is 4.39. The van der Waals surface area contributed by atoms with Crippen molar-refractivity contribution in [1.82, 2.24) is 15.1 Å². The van der Waals surface area contributed by atoms with E-state index in [0.29, 0.717) is 6.04 Å². The van der Waals surface area contributed by atoms with Gasteiger partial charge in [-0.05, 0) is 56.4 Å². The molecule has 1 aromatic carbocycles. The van der Waals surface area contributed by atoms with Gasteiger partial charge in [-0.15, -0.1) is 0 Å². The van der Waals surface area contributed by atoms with Crippen LogP contribution in [0.2, 0.25) is 0 Å². The summed E-state index contributed by atoms with van der Waals surface area (Å²) in [6.07, 6.45) is 2.54. The van der Waals surface area contributed by atoms with Crippen molar-refractivity contribution in [1.29, 1.82) is 0 Å². The normalized spacial score (nSPS) is 28.1. The molecule has 1 aromatic rings. The van der Waals surface area contributed by atoms with Crippen molar-refractivity contribution in [3.05, 3.63) is 30.3 Å². The number of hydrogen-bond donors (Lipinski definition) is 2. The van der Waals surface area contributed by atoms with Crippen molar-refractivity contribution in [2.45, 2.75) is 32.7 Å². The van der Waals surface area contributed by atoms with Gasteiger partial charge in [-0.2, -0.15) is 0 Å². The Morgan fingerprint density at radius 3 is 2.64 bits per heavy atom. The molecule has 4 atom stereocenters. The molecule has 5 heteroatoms. The second-order valence-corrected chi connectivity index (χ2v) is 7.38. The maximum atomic E-state index is 12.1. The Morgan fingerprint density at radius 1 is 1.24 bits per heavy atom. The Kier molecular flexibility index (Phi) is 6.32. The van der Waals surface area contributed by atoms with Crippen LogP contribution in [0, 0.1) is 11.8 Å². The third-order valence-corrected chi connectivity index (χ3v) is 5.93. The van der Waals surface area contributed by atoms with E-state index in [0.717, 1.165) is 37.2 Å². The van der Waals surface area contributed by atoms with E-state index < -0.39 is 0 Å². The van der Waals surface area contributed by atoms with Crippen molar-refractivity contribution in [2.24, 2.45) is 11.8 Å². The van der Waals surface area contributed by atoms with Crippen LogP contribution in [0.1, 0.15) is 26.7 Å². The third kappa shape index (κ3) is 4.73. The largest absolute Gasteiger partial charge is 0.336 e. The van der Waals surface area contributed by atoms with Gasteiger partial charge in [-0.25, -0.2) is 4.79 Å². The van der Waals surface area contributed by atoms with Gasteiger partial charge in [0.05, 0.1) is 0 Å². The lowest BCUT2D eigenvalue weighted by Crippen LogP contribution is -2.58. The van der Waals surface area contributed by atoms with Crippen LogP contribution >= 0.6 is 0 Å². The zero-order valence-electron chi connectivity index (χ0n) is 15.6. The number of urea groups is 1. The number of piperidine rings is 3. The summed E-state index contributed by atoms with van der Waals surface area (Å²) in [7, 11) is 0. The Hall–Kier alpha value is -1.59. The van der Waals surface area contributed by atoms with E-state index in [4.69, 9.17) is 0 Å². The Balaban J connectivity index is 1.45. The van der Waals surface area contributed by atoms with E-state index in [9.17, 15) is 4.79 Å². The first-order chi connectivity index (χ1) is 12.2. The first-order valence-corrected chi connectivity index (χ1v) is 9.75. The first kappa shape index (κ1) is 18.2. The van der Waals surface area contributed by atoms with Crippen molar-refractivity contribution in [3.8, 4) is 0 Å². The minimum atomic E-state index is -0.103. The van der Waals surface area contributed by atoms with E-state index in [2.05, 4.69) is 34.3 Å². The molecule has 0 spiro atoms.